The van der Waals surface area contributed by atoms with Crippen molar-refractivity contribution in [2.45, 2.75) is 20.0 Å². The van der Waals surface area contributed by atoms with Crippen LogP contribution in [0.15, 0.2) is 30.3 Å². The molecule has 0 radical (unpaired) electrons. The predicted octanol–water partition coefficient (Wildman–Crippen LogP) is 2.31. The van der Waals surface area contributed by atoms with Gasteiger partial charge in [0.2, 0.25) is 0 Å². The highest BCUT2D eigenvalue weighted by molar-refractivity contribution is 5.78. The standard InChI is InChI=1S/C13H16O3/c1-13(12(14)15)7-11(13)9-16-8-10-5-3-2-4-6-10/h2-6,11H,7-9H2,1H3,(H,14,15). The first-order valence-corrected chi connectivity index (χ1v) is 5.48. The minimum Gasteiger partial charge on any atom is -0.481 e. The molecule has 0 heterocycles. The van der Waals surface area contributed by atoms with E-state index in [1.54, 1.807) is 6.92 Å². The lowest BCUT2D eigenvalue weighted by Crippen LogP contribution is -2.15. The van der Waals surface area contributed by atoms with E-state index in [1.165, 1.54) is 0 Å². The minimum atomic E-state index is -0.708. The molecule has 0 aliphatic heterocycles. The van der Waals surface area contributed by atoms with Crippen molar-refractivity contribution in [3.05, 3.63) is 35.9 Å². The van der Waals surface area contributed by atoms with E-state index < -0.39 is 11.4 Å². The molecule has 2 atom stereocenters. The van der Waals surface area contributed by atoms with Gasteiger partial charge >= 0.3 is 5.97 Å². The van der Waals surface area contributed by atoms with Crippen LogP contribution in [0, 0.1) is 11.3 Å². The predicted molar refractivity (Wildman–Crippen MR) is 59.9 cm³/mol. The van der Waals surface area contributed by atoms with Gasteiger partial charge in [-0.3, -0.25) is 4.79 Å². The molecule has 2 rings (SSSR count). The molecule has 1 aliphatic carbocycles. The molecule has 3 nitrogen and oxygen atoms in total. The van der Waals surface area contributed by atoms with Gasteiger partial charge in [-0.2, -0.15) is 0 Å². The summed E-state index contributed by atoms with van der Waals surface area (Å²) in [4.78, 5) is 10.9. The molecule has 16 heavy (non-hydrogen) atoms. The molecule has 1 aliphatic rings. The van der Waals surface area contributed by atoms with Crippen molar-refractivity contribution in [1.29, 1.82) is 0 Å². The Kier molecular flexibility index (Phi) is 2.97. The molecule has 1 N–H and O–H groups in total. The average Bonchev–Trinajstić information content (AvgIpc) is 2.93. The van der Waals surface area contributed by atoms with Gasteiger partial charge < -0.3 is 9.84 Å². The quantitative estimate of drug-likeness (QED) is 0.828. The SMILES string of the molecule is CC1(C(=O)O)CC1COCc1ccccc1. The summed E-state index contributed by atoms with van der Waals surface area (Å²) in [6.45, 7) is 2.89. The molecule has 0 spiro atoms. The van der Waals surface area contributed by atoms with Gasteiger partial charge in [0.05, 0.1) is 18.6 Å². The Bertz CT molecular complexity index is 374. The molecule has 0 aromatic heterocycles. The van der Waals surface area contributed by atoms with Crippen molar-refractivity contribution in [3.8, 4) is 0 Å². The molecule has 1 aromatic carbocycles. The topological polar surface area (TPSA) is 46.5 Å². The Morgan fingerprint density at radius 3 is 2.75 bits per heavy atom. The fraction of sp³-hybridized carbons (Fsp3) is 0.462. The van der Waals surface area contributed by atoms with E-state index in [0.29, 0.717) is 13.2 Å². The van der Waals surface area contributed by atoms with Crippen LogP contribution in [0.2, 0.25) is 0 Å². The third kappa shape index (κ3) is 2.25. The number of carboxylic acid groups (broad SMARTS) is 1. The maximum atomic E-state index is 10.9. The van der Waals surface area contributed by atoms with Crippen molar-refractivity contribution in [2.24, 2.45) is 11.3 Å². The fourth-order valence-corrected chi connectivity index (χ4v) is 1.85. The summed E-state index contributed by atoms with van der Waals surface area (Å²) in [5.41, 5.74) is 0.580. The second-order valence-electron chi connectivity index (χ2n) is 4.62. The average molecular weight is 220 g/mol. The van der Waals surface area contributed by atoms with E-state index in [0.717, 1.165) is 12.0 Å². The van der Waals surface area contributed by atoms with Crippen LogP contribution in [-0.2, 0) is 16.1 Å². The van der Waals surface area contributed by atoms with Crippen LogP contribution in [0.25, 0.3) is 0 Å². The van der Waals surface area contributed by atoms with Crippen LogP contribution >= 0.6 is 0 Å². The largest absolute Gasteiger partial charge is 0.481 e. The fourth-order valence-electron chi connectivity index (χ4n) is 1.85. The van der Waals surface area contributed by atoms with Gasteiger partial charge in [0.25, 0.3) is 0 Å². The molecule has 1 aromatic rings. The molecule has 86 valence electrons. The summed E-state index contributed by atoms with van der Waals surface area (Å²) < 4.78 is 5.53. The third-order valence-electron chi connectivity index (χ3n) is 3.33. The monoisotopic (exact) mass is 220 g/mol. The van der Waals surface area contributed by atoms with E-state index in [1.807, 2.05) is 30.3 Å². The highest BCUT2D eigenvalue weighted by Crippen LogP contribution is 2.52. The van der Waals surface area contributed by atoms with E-state index in [-0.39, 0.29) is 5.92 Å². The summed E-state index contributed by atoms with van der Waals surface area (Å²) in [6, 6.07) is 9.91. The smallest absolute Gasteiger partial charge is 0.309 e. The maximum absolute atomic E-state index is 10.9. The van der Waals surface area contributed by atoms with Crippen LogP contribution in [-0.4, -0.2) is 17.7 Å². The van der Waals surface area contributed by atoms with Crippen molar-refractivity contribution < 1.29 is 14.6 Å². The maximum Gasteiger partial charge on any atom is 0.309 e. The first-order valence-electron chi connectivity index (χ1n) is 5.48. The zero-order chi connectivity index (χ0) is 11.6. The van der Waals surface area contributed by atoms with Crippen LogP contribution < -0.4 is 0 Å². The van der Waals surface area contributed by atoms with E-state index in [9.17, 15) is 4.79 Å². The number of aliphatic carboxylic acids is 1. The Morgan fingerprint density at radius 1 is 1.50 bits per heavy atom. The molecule has 3 heteroatoms. The number of hydrogen-bond donors (Lipinski definition) is 1. The highest BCUT2D eigenvalue weighted by atomic mass is 16.5. The Balaban J connectivity index is 1.73. The number of benzene rings is 1. The summed E-state index contributed by atoms with van der Waals surface area (Å²) in [6.07, 6.45) is 0.733. The van der Waals surface area contributed by atoms with Gasteiger partial charge in [-0.15, -0.1) is 0 Å². The minimum absolute atomic E-state index is 0.175. The van der Waals surface area contributed by atoms with Crippen LogP contribution in [0.3, 0.4) is 0 Å². The molecule has 0 amide bonds. The summed E-state index contributed by atoms with van der Waals surface area (Å²) in [7, 11) is 0. The number of hydrogen-bond acceptors (Lipinski definition) is 2. The van der Waals surface area contributed by atoms with Crippen molar-refractivity contribution >= 4 is 5.97 Å². The Morgan fingerprint density at radius 2 is 2.19 bits per heavy atom. The second-order valence-corrected chi connectivity index (χ2v) is 4.62. The van der Waals surface area contributed by atoms with Gasteiger partial charge in [-0.05, 0) is 24.8 Å². The highest BCUT2D eigenvalue weighted by Gasteiger charge is 2.56. The van der Waals surface area contributed by atoms with Crippen LogP contribution in [0.5, 0.6) is 0 Å². The van der Waals surface area contributed by atoms with Gasteiger partial charge in [0, 0.05) is 0 Å². The number of rotatable bonds is 5. The first kappa shape index (κ1) is 11.1. The molecular formula is C13H16O3. The Hall–Kier alpha value is -1.35. The van der Waals surface area contributed by atoms with Crippen molar-refractivity contribution in [3.63, 3.8) is 0 Å². The molecular weight excluding hydrogens is 204 g/mol. The van der Waals surface area contributed by atoms with Crippen LogP contribution in [0.1, 0.15) is 18.9 Å². The van der Waals surface area contributed by atoms with E-state index >= 15 is 0 Å². The molecule has 2 unspecified atom stereocenters. The third-order valence-corrected chi connectivity index (χ3v) is 3.33. The molecule has 1 fully saturated rings. The number of ether oxygens (including phenoxy) is 1. The van der Waals surface area contributed by atoms with Gasteiger partial charge in [0.15, 0.2) is 0 Å². The summed E-state index contributed by atoms with van der Waals surface area (Å²) in [5, 5.41) is 8.94. The lowest BCUT2D eigenvalue weighted by Gasteiger charge is -2.06. The number of carbonyl (C=O) groups is 1. The van der Waals surface area contributed by atoms with Gasteiger partial charge in [0.1, 0.15) is 0 Å². The first-order chi connectivity index (χ1) is 7.63. The van der Waals surface area contributed by atoms with Gasteiger partial charge in [-0.1, -0.05) is 30.3 Å². The van der Waals surface area contributed by atoms with E-state index in [4.69, 9.17) is 9.84 Å². The van der Waals surface area contributed by atoms with E-state index in [2.05, 4.69) is 0 Å². The molecule has 0 bridgehead atoms. The van der Waals surface area contributed by atoms with Crippen LogP contribution in [0.4, 0.5) is 0 Å². The normalized spacial score (nSPS) is 27.7. The lowest BCUT2D eigenvalue weighted by molar-refractivity contribution is -0.143. The summed E-state index contributed by atoms with van der Waals surface area (Å²) >= 11 is 0. The van der Waals surface area contributed by atoms with Gasteiger partial charge in [-0.25, -0.2) is 0 Å². The van der Waals surface area contributed by atoms with Crippen molar-refractivity contribution in [2.75, 3.05) is 6.61 Å². The molecule has 1 saturated carbocycles. The zero-order valence-corrected chi connectivity index (χ0v) is 9.35. The lowest BCUT2D eigenvalue weighted by atomic mass is 10.1. The van der Waals surface area contributed by atoms with Crippen molar-refractivity contribution in [1.82, 2.24) is 0 Å². The Labute approximate surface area is 95.0 Å². The summed E-state index contributed by atoms with van der Waals surface area (Å²) in [5.74, 6) is -0.533. The molecule has 0 saturated heterocycles. The number of carboxylic acids is 1. The second kappa shape index (κ2) is 4.26. The zero-order valence-electron chi connectivity index (χ0n) is 9.35.